The van der Waals surface area contributed by atoms with E-state index in [4.69, 9.17) is 17.0 Å². The van der Waals surface area contributed by atoms with Crippen molar-refractivity contribution in [1.29, 1.82) is 0 Å². The van der Waals surface area contributed by atoms with Crippen molar-refractivity contribution in [3.8, 4) is 0 Å². The molecular formula is C23H27N3O2S. The van der Waals surface area contributed by atoms with E-state index in [-0.39, 0.29) is 11.0 Å². The molecule has 0 saturated carbocycles. The van der Waals surface area contributed by atoms with E-state index in [0.717, 1.165) is 30.0 Å². The molecule has 5 nitrogen and oxygen atoms in total. The lowest BCUT2D eigenvalue weighted by Gasteiger charge is -2.30. The van der Waals surface area contributed by atoms with Crippen LogP contribution in [0.4, 0.5) is 11.4 Å². The number of carbonyl (C=O) groups is 1. The van der Waals surface area contributed by atoms with Gasteiger partial charge in [-0.3, -0.25) is 10.1 Å². The number of morpholine rings is 1. The largest absolute Gasteiger partial charge is 0.378 e. The van der Waals surface area contributed by atoms with E-state index < -0.39 is 0 Å². The monoisotopic (exact) mass is 409 g/mol. The van der Waals surface area contributed by atoms with Crippen LogP contribution in [-0.2, 0) is 9.53 Å². The molecule has 152 valence electrons. The first-order chi connectivity index (χ1) is 14.0. The Hall–Kier alpha value is -2.70. The zero-order valence-corrected chi connectivity index (χ0v) is 17.7. The van der Waals surface area contributed by atoms with E-state index in [1.54, 1.807) is 6.08 Å². The summed E-state index contributed by atoms with van der Waals surface area (Å²) in [7, 11) is 0. The van der Waals surface area contributed by atoms with Gasteiger partial charge in [-0.2, -0.15) is 0 Å². The molecular weight excluding hydrogens is 382 g/mol. The van der Waals surface area contributed by atoms with E-state index in [1.165, 1.54) is 11.6 Å². The van der Waals surface area contributed by atoms with Crippen LogP contribution in [0.3, 0.4) is 0 Å². The second-order valence-corrected chi connectivity index (χ2v) is 7.62. The molecule has 0 atom stereocenters. The summed E-state index contributed by atoms with van der Waals surface area (Å²) in [5, 5.41) is 6.12. The Kier molecular flexibility index (Phi) is 7.38. The number of hydrogen-bond donors (Lipinski definition) is 2. The van der Waals surface area contributed by atoms with Crippen LogP contribution in [0, 0.1) is 0 Å². The van der Waals surface area contributed by atoms with Gasteiger partial charge >= 0.3 is 0 Å². The molecule has 3 rings (SSSR count). The van der Waals surface area contributed by atoms with Gasteiger partial charge in [0.2, 0.25) is 5.91 Å². The molecule has 0 aliphatic carbocycles. The quantitative estimate of drug-likeness (QED) is 0.573. The minimum absolute atomic E-state index is 0.265. The number of ether oxygens (including phenoxy) is 1. The first-order valence-electron chi connectivity index (χ1n) is 9.84. The molecule has 1 amide bonds. The van der Waals surface area contributed by atoms with Gasteiger partial charge in [-0.25, -0.2) is 0 Å². The van der Waals surface area contributed by atoms with Gasteiger partial charge in [-0.15, -0.1) is 0 Å². The van der Waals surface area contributed by atoms with Crippen molar-refractivity contribution in [2.75, 3.05) is 36.5 Å². The number of carbonyl (C=O) groups excluding carboxylic acids is 1. The molecule has 1 saturated heterocycles. The van der Waals surface area contributed by atoms with Crippen LogP contribution in [0.2, 0.25) is 0 Å². The Morgan fingerprint density at radius 1 is 1.10 bits per heavy atom. The zero-order chi connectivity index (χ0) is 20.6. The lowest BCUT2D eigenvalue weighted by molar-refractivity contribution is -0.115. The summed E-state index contributed by atoms with van der Waals surface area (Å²) in [5.74, 6) is 0.222. The van der Waals surface area contributed by atoms with Crippen molar-refractivity contribution >= 4 is 40.7 Å². The smallest absolute Gasteiger partial charge is 0.250 e. The van der Waals surface area contributed by atoms with Gasteiger partial charge < -0.3 is 15.0 Å². The van der Waals surface area contributed by atoms with E-state index in [2.05, 4.69) is 41.5 Å². The van der Waals surface area contributed by atoms with E-state index in [0.29, 0.717) is 19.1 Å². The number of hydrogen-bond acceptors (Lipinski definition) is 4. The topological polar surface area (TPSA) is 53.6 Å². The number of nitrogens with one attached hydrogen (secondary N) is 2. The maximum Gasteiger partial charge on any atom is 0.250 e. The molecule has 2 aromatic rings. The SMILES string of the molecule is CC(C)c1ccc(/C=C\C(=O)NC(=S)Nc2ccccc2N2CCOCC2)cc1. The molecule has 2 N–H and O–H groups in total. The lowest BCUT2D eigenvalue weighted by atomic mass is 10.0. The fraction of sp³-hybridized carbons (Fsp3) is 0.304. The number of para-hydroxylation sites is 2. The van der Waals surface area contributed by atoms with Crippen LogP contribution < -0.4 is 15.5 Å². The summed E-state index contributed by atoms with van der Waals surface area (Å²) in [6, 6.07) is 16.1. The van der Waals surface area contributed by atoms with Crippen molar-refractivity contribution < 1.29 is 9.53 Å². The molecule has 1 aliphatic rings. The number of amides is 1. The zero-order valence-electron chi connectivity index (χ0n) is 16.9. The first-order valence-corrected chi connectivity index (χ1v) is 10.3. The molecule has 6 heteroatoms. The standard InChI is InChI=1S/C23H27N3O2S/c1-17(2)19-10-7-18(8-11-19)9-12-22(27)25-23(29)24-20-5-3-4-6-21(20)26-13-15-28-16-14-26/h3-12,17H,13-16H2,1-2H3,(H2,24,25,27,29)/b12-9-. The number of anilines is 2. The van der Waals surface area contributed by atoms with E-state index in [9.17, 15) is 4.79 Å². The third-order valence-electron chi connectivity index (χ3n) is 4.77. The lowest BCUT2D eigenvalue weighted by Crippen LogP contribution is -2.37. The summed E-state index contributed by atoms with van der Waals surface area (Å²) in [6.07, 6.45) is 3.27. The van der Waals surface area contributed by atoms with Crippen LogP contribution in [-0.4, -0.2) is 37.3 Å². The highest BCUT2D eigenvalue weighted by molar-refractivity contribution is 7.80. The van der Waals surface area contributed by atoms with Gasteiger partial charge in [-0.05, 0) is 47.5 Å². The summed E-state index contributed by atoms with van der Waals surface area (Å²) < 4.78 is 5.42. The molecule has 0 unspecified atom stereocenters. The first kappa shape index (κ1) is 21.0. The van der Waals surface area contributed by atoms with E-state index >= 15 is 0 Å². The molecule has 1 aliphatic heterocycles. The Bertz CT molecular complexity index is 872. The van der Waals surface area contributed by atoms with Gasteiger partial charge in [0.15, 0.2) is 5.11 Å². The molecule has 1 fully saturated rings. The Morgan fingerprint density at radius 3 is 2.48 bits per heavy atom. The Morgan fingerprint density at radius 2 is 1.79 bits per heavy atom. The summed E-state index contributed by atoms with van der Waals surface area (Å²) in [5.41, 5.74) is 4.16. The Balaban J connectivity index is 1.57. The molecule has 29 heavy (non-hydrogen) atoms. The molecule has 2 aromatic carbocycles. The van der Waals surface area contributed by atoms with Gasteiger partial charge in [0.25, 0.3) is 0 Å². The summed E-state index contributed by atoms with van der Waals surface area (Å²) >= 11 is 5.33. The second kappa shape index (κ2) is 10.2. The fourth-order valence-corrected chi connectivity index (χ4v) is 3.34. The van der Waals surface area contributed by atoms with E-state index in [1.807, 2.05) is 36.4 Å². The normalized spacial score (nSPS) is 14.2. The maximum absolute atomic E-state index is 12.2. The number of nitrogens with zero attached hydrogens (tertiary/aromatic N) is 1. The average molecular weight is 410 g/mol. The summed E-state index contributed by atoms with van der Waals surface area (Å²) in [4.78, 5) is 14.5. The third kappa shape index (κ3) is 6.14. The number of rotatable bonds is 5. The second-order valence-electron chi connectivity index (χ2n) is 7.21. The van der Waals surface area contributed by atoms with Crippen LogP contribution in [0.1, 0.15) is 30.9 Å². The highest BCUT2D eigenvalue weighted by atomic mass is 32.1. The van der Waals surface area contributed by atoms with Crippen molar-refractivity contribution in [2.45, 2.75) is 19.8 Å². The van der Waals surface area contributed by atoms with Gasteiger partial charge in [0.05, 0.1) is 24.6 Å². The third-order valence-corrected chi connectivity index (χ3v) is 4.98. The van der Waals surface area contributed by atoms with Crippen LogP contribution in [0.25, 0.3) is 6.08 Å². The highest BCUT2D eigenvalue weighted by Gasteiger charge is 2.15. The minimum atomic E-state index is -0.265. The average Bonchev–Trinajstić information content (AvgIpc) is 2.73. The molecule has 0 aromatic heterocycles. The predicted octanol–water partition coefficient (Wildman–Crippen LogP) is 4.17. The molecule has 0 bridgehead atoms. The van der Waals surface area contributed by atoms with Crippen LogP contribution >= 0.6 is 12.2 Å². The molecule has 1 heterocycles. The van der Waals surface area contributed by atoms with Crippen molar-refractivity contribution in [2.24, 2.45) is 0 Å². The van der Waals surface area contributed by atoms with Gasteiger partial charge in [0, 0.05) is 19.2 Å². The predicted molar refractivity (Wildman–Crippen MR) is 123 cm³/mol. The van der Waals surface area contributed by atoms with Crippen molar-refractivity contribution in [1.82, 2.24) is 5.32 Å². The van der Waals surface area contributed by atoms with Crippen molar-refractivity contribution in [3.63, 3.8) is 0 Å². The van der Waals surface area contributed by atoms with Crippen LogP contribution in [0.15, 0.2) is 54.6 Å². The van der Waals surface area contributed by atoms with Crippen LogP contribution in [0.5, 0.6) is 0 Å². The summed E-state index contributed by atoms with van der Waals surface area (Å²) in [6.45, 7) is 7.39. The fourth-order valence-electron chi connectivity index (χ4n) is 3.13. The molecule has 0 spiro atoms. The number of benzene rings is 2. The highest BCUT2D eigenvalue weighted by Crippen LogP contribution is 2.26. The minimum Gasteiger partial charge on any atom is -0.378 e. The van der Waals surface area contributed by atoms with Gasteiger partial charge in [-0.1, -0.05) is 50.2 Å². The maximum atomic E-state index is 12.2. The Labute approximate surface area is 177 Å². The molecule has 0 radical (unpaired) electrons. The van der Waals surface area contributed by atoms with Gasteiger partial charge in [0.1, 0.15) is 0 Å². The van der Waals surface area contributed by atoms with Crippen molar-refractivity contribution in [3.05, 3.63) is 65.7 Å². The number of thiocarbonyl (C=S) groups is 1.